The molecule has 0 aliphatic rings. The first-order chi connectivity index (χ1) is 33.5. The molecule has 1 unspecified atom stereocenters. The Balaban J connectivity index is 4.42. The SMILES string of the molecule is CC/C=C/C=C/C=C/C=C/CCCCCC(=O)OCC(COC(=O)CCCCCCCCCCC/C=C/C/C=C/C/C=C/CC)OC(=O)CCCCCCC/C=C/CCCCCCCCCCC. The van der Waals surface area contributed by atoms with Crippen LogP contribution >= 0.6 is 0 Å². The van der Waals surface area contributed by atoms with Crippen molar-refractivity contribution in [3.05, 3.63) is 97.2 Å². The third kappa shape index (κ3) is 53.3. The zero-order valence-electron chi connectivity index (χ0n) is 44.3. The number of esters is 3. The molecular weight excluding hydrogens is 841 g/mol. The van der Waals surface area contributed by atoms with E-state index in [1.807, 2.05) is 30.4 Å². The Morgan fingerprint density at radius 2 is 0.647 bits per heavy atom. The number of ether oxygens (including phenoxy) is 3. The molecule has 0 radical (unpaired) electrons. The summed E-state index contributed by atoms with van der Waals surface area (Å²) < 4.78 is 16.8. The number of allylic oxidation sites excluding steroid dienone is 16. The molecule has 6 heteroatoms. The summed E-state index contributed by atoms with van der Waals surface area (Å²) in [6.45, 7) is 6.35. The van der Waals surface area contributed by atoms with Crippen molar-refractivity contribution < 1.29 is 28.6 Å². The van der Waals surface area contributed by atoms with Gasteiger partial charge in [-0.3, -0.25) is 14.4 Å². The smallest absolute Gasteiger partial charge is 0.306 e. The second kappa shape index (κ2) is 55.9. The fraction of sp³-hybridized carbons (Fsp3) is 0.694. The van der Waals surface area contributed by atoms with Gasteiger partial charge < -0.3 is 14.2 Å². The fourth-order valence-corrected chi connectivity index (χ4v) is 7.70. The van der Waals surface area contributed by atoms with Crippen LogP contribution in [0.2, 0.25) is 0 Å². The molecule has 0 aromatic rings. The molecule has 68 heavy (non-hydrogen) atoms. The summed E-state index contributed by atoms with van der Waals surface area (Å²) in [5, 5.41) is 0. The lowest BCUT2D eigenvalue weighted by Gasteiger charge is -2.18. The van der Waals surface area contributed by atoms with E-state index in [0.717, 1.165) is 103 Å². The van der Waals surface area contributed by atoms with E-state index in [0.29, 0.717) is 19.3 Å². The maximum Gasteiger partial charge on any atom is 0.306 e. The Hall–Kier alpha value is -3.67. The van der Waals surface area contributed by atoms with Gasteiger partial charge in [0.05, 0.1) is 0 Å². The molecule has 0 fully saturated rings. The van der Waals surface area contributed by atoms with Crippen LogP contribution < -0.4 is 0 Å². The van der Waals surface area contributed by atoms with Gasteiger partial charge in [-0.15, -0.1) is 0 Å². The molecule has 0 N–H and O–H groups in total. The van der Waals surface area contributed by atoms with Crippen LogP contribution in [0.1, 0.15) is 258 Å². The number of carbonyl (C=O) groups excluding carboxylic acids is 3. The van der Waals surface area contributed by atoms with E-state index in [2.05, 4.69) is 87.6 Å². The summed E-state index contributed by atoms with van der Waals surface area (Å²) in [6.07, 6.45) is 74.0. The van der Waals surface area contributed by atoms with Gasteiger partial charge in [0.15, 0.2) is 6.10 Å². The van der Waals surface area contributed by atoms with Crippen LogP contribution in [0, 0.1) is 0 Å². The Kier molecular flexibility index (Phi) is 52.9. The average molecular weight is 946 g/mol. The lowest BCUT2D eigenvalue weighted by molar-refractivity contribution is -0.167. The molecule has 0 heterocycles. The predicted molar refractivity (Wildman–Crippen MR) is 293 cm³/mol. The Labute approximate surface area is 419 Å². The molecule has 1 atom stereocenters. The molecule has 0 aliphatic heterocycles. The summed E-state index contributed by atoms with van der Waals surface area (Å²) in [5.74, 6) is -0.948. The van der Waals surface area contributed by atoms with Crippen molar-refractivity contribution in [2.24, 2.45) is 0 Å². The van der Waals surface area contributed by atoms with Gasteiger partial charge in [0.2, 0.25) is 0 Å². The molecule has 0 spiro atoms. The first-order valence-corrected chi connectivity index (χ1v) is 28.3. The number of carbonyl (C=O) groups is 3. The lowest BCUT2D eigenvalue weighted by atomic mass is 10.1. The van der Waals surface area contributed by atoms with Gasteiger partial charge in [-0.25, -0.2) is 0 Å². The van der Waals surface area contributed by atoms with Crippen molar-refractivity contribution in [1.29, 1.82) is 0 Å². The van der Waals surface area contributed by atoms with E-state index in [9.17, 15) is 14.4 Å². The van der Waals surface area contributed by atoms with Gasteiger partial charge >= 0.3 is 17.9 Å². The average Bonchev–Trinajstić information content (AvgIpc) is 3.34. The Morgan fingerprint density at radius 1 is 0.324 bits per heavy atom. The maximum atomic E-state index is 12.8. The molecule has 0 aliphatic carbocycles. The largest absolute Gasteiger partial charge is 0.462 e. The van der Waals surface area contributed by atoms with Gasteiger partial charge in [-0.1, -0.05) is 240 Å². The molecule has 0 saturated carbocycles. The standard InChI is InChI=1S/C62H104O6/c1-4-7-10-13-16-19-22-25-27-29-31-33-34-37-40-43-46-49-52-55-61(64)67-58-59(57-66-60(63)54-51-48-45-42-39-36-24-21-18-15-12-9-6-3)68-62(65)56-53-50-47-44-41-38-35-32-30-28-26-23-20-17-14-11-8-5-2/h7,9-10,12,15-16,18-19,21,24-25,27,32,35-36,39,59H,4-6,8,11,13-14,17,20,22-23,26,28-31,33-34,37-38,40-58H2,1-3H3/b10-7+,12-9+,18-15+,19-16+,24-21+,27-25+,35-32+,39-36+. The van der Waals surface area contributed by atoms with E-state index in [-0.39, 0.29) is 31.1 Å². The van der Waals surface area contributed by atoms with Crippen molar-refractivity contribution in [3.63, 3.8) is 0 Å². The molecule has 0 rings (SSSR count). The highest BCUT2D eigenvalue weighted by atomic mass is 16.6. The predicted octanol–water partition coefficient (Wildman–Crippen LogP) is 18.9. The highest BCUT2D eigenvalue weighted by Crippen LogP contribution is 2.15. The first kappa shape index (κ1) is 64.3. The highest BCUT2D eigenvalue weighted by molar-refractivity contribution is 5.71. The minimum absolute atomic E-state index is 0.0969. The van der Waals surface area contributed by atoms with E-state index in [1.165, 1.54) is 116 Å². The van der Waals surface area contributed by atoms with Crippen LogP contribution in [-0.4, -0.2) is 37.2 Å². The van der Waals surface area contributed by atoms with E-state index in [1.54, 1.807) is 0 Å². The summed E-state index contributed by atoms with van der Waals surface area (Å²) in [4.78, 5) is 38.1. The van der Waals surface area contributed by atoms with Crippen molar-refractivity contribution in [1.82, 2.24) is 0 Å². The van der Waals surface area contributed by atoms with E-state index in [4.69, 9.17) is 14.2 Å². The molecule has 0 amide bonds. The van der Waals surface area contributed by atoms with E-state index < -0.39 is 6.10 Å². The monoisotopic (exact) mass is 945 g/mol. The van der Waals surface area contributed by atoms with Crippen molar-refractivity contribution in [2.45, 2.75) is 264 Å². The lowest BCUT2D eigenvalue weighted by Crippen LogP contribution is -2.30. The number of hydrogen-bond acceptors (Lipinski definition) is 6. The highest BCUT2D eigenvalue weighted by Gasteiger charge is 2.19. The molecule has 0 bridgehead atoms. The number of unbranched alkanes of at least 4 members (excludes halogenated alkanes) is 26. The van der Waals surface area contributed by atoms with Crippen LogP contribution in [-0.2, 0) is 28.6 Å². The molecule has 0 aromatic heterocycles. The summed E-state index contributed by atoms with van der Waals surface area (Å²) >= 11 is 0. The van der Waals surface area contributed by atoms with Crippen molar-refractivity contribution in [2.75, 3.05) is 13.2 Å². The van der Waals surface area contributed by atoms with Gasteiger partial charge in [0, 0.05) is 19.3 Å². The summed E-state index contributed by atoms with van der Waals surface area (Å²) in [7, 11) is 0. The third-order valence-electron chi connectivity index (χ3n) is 11.9. The Bertz CT molecular complexity index is 1360. The van der Waals surface area contributed by atoms with E-state index >= 15 is 0 Å². The zero-order valence-corrected chi connectivity index (χ0v) is 44.3. The number of rotatable bonds is 50. The first-order valence-electron chi connectivity index (χ1n) is 28.3. The topological polar surface area (TPSA) is 78.9 Å². The van der Waals surface area contributed by atoms with Crippen LogP contribution in [0.5, 0.6) is 0 Å². The minimum atomic E-state index is -0.801. The third-order valence-corrected chi connectivity index (χ3v) is 11.9. The summed E-state index contributed by atoms with van der Waals surface area (Å²) in [5.41, 5.74) is 0. The molecular formula is C62H104O6. The summed E-state index contributed by atoms with van der Waals surface area (Å²) in [6, 6.07) is 0. The van der Waals surface area contributed by atoms with Crippen molar-refractivity contribution >= 4 is 17.9 Å². The Morgan fingerprint density at radius 3 is 1.10 bits per heavy atom. The van der Waals surface area contributed by atoms with Crippen LogP contribution in [0.3, 0.4) is 0 Å². The second-order valence-corrected chi connectivity index (χ2v) is 18.5. The van der Waals surface area contributed by atoms with Gasteiger partial charge in [0.25, 0.3) is 0 Å². The van der Waals surface area contributed by atoms with Crippen molar-refractivity contribution in [3.8, 4) is 0 Å². The van der Waals surface area contributed by atoms with Crippen LogP contribution in [0.25, 0.3) is 0 Å². The van der Waals surface area contributed by atoms with Crippen LogP contribution in [0.4, 0.5) is 0 Å². The maximum absolute atomic E-state index is 12.8. The fourth-order valence-electron chi connectivity index (χ4n) is 7.70. The molecule has 388 valence electrons. The van der Waals surface area contributed by atoms with Gasteiger partial charge in [-0.2, -0.15) is 0 Å². The molecule has 6 nitrogen and oxygen atoms in total. The van der Waals surface area contributed by atoms with Gasteiger partial charge in [0.1, 0.15) is 13.2 Å². The van der Waals surface area contributed by atoms with Gasteiger partial charge in [-0.05, 0) is 96.3 Å². The molecule has 0 aromatic carbocycles. The molecule has 0 saturated heterocycles. The van der Waals surface area contributed by atoms with Crippen LogP contribution in [0.15, 0.2) is 97.2 Å². The second-order valence-electron chi connectivity index (χ2n) is 18.5. The quantitative estimate of drug-likeness (QED) is 0.0199. The minimum Gasteiger partial charge on any atom is -0.462 e. The zero-order chi connectivity index (χ0) is 49.3. The number of hydrogen-bond donors (Lipinski definition) is 0. The normalized spacial score (nSPS) is 12.8.